The van der Waals surface area contributed by atoms with Crippen molar-refractivity contribution in [2.75, 3.05) is 0 Å². The number of pyridine rings is 1. The molecule has 0 radical (unpaired) electrons. The lowest BCUT2D eigenvalue weighted by Crippen LogP contribution is -2.17. The van der Waals surface area contributed by atoms with Gasteiger partial charge in [-0.05, 0) is 30.4 Å². The zero-order valence-electron chi connectivity index (χ0n) is 9.67. The van der Waals surface area contributed by atoms with Gasteiger partial charge in [-0.2, -0.15) is 0 Å². The van der Waals surface area contributed by atoms with E-state index >= 15 is 0 Å². The highest BCUT2D eigenvalue weighted by Crippen LogP contribution is 2.30. The van der Waals surface area contributed by atoms with Gasteiger partial charge in [0.15, 0.2) is 0 Å². The van der Waals surface area contributed by atoms with Crippen molar-refractivity contribution < 1.29 is 0 Å². The minimum atomic E-state index is -0.0418. The predicted octanol–water partition coefficient (Wildman–Crippen LogP) is 2.27. The first-order valence-corrected chi connectivity index (χ1v) is 6.23. The minimum absolute atomic E-state index is 0.0418. The average Bonchev–Trinajstić information content (AvgIpc) is 2.58. The maximum absolute atomic E-state index is 11.4. The van der Waals surface area contributed by atoms with Crippen molar-refractivity contribution in [1.29, 1.82) is 0 Å². The molecular formula is C13H20N2O. The fourth-order valence-electron chi connectivity index (χ4n) is 2.55. The van der Waals surface area contributed by atoms with Crippen molar-refractivity contribution in [2.45, 2.75) is 51.0 Å². The number of hydrogen-bond acceptors (Lipinski definition) is 2. The summed E-state index contributed by atoms with van der Waals surface area (Å²) < 4.78 is 0. The van der Waals surface area contributed by atoms with Crippen LogP contribution in [0.5, 0.6) is 0 Å². The summed E-state index contributed by atoms with van der Waals surface area (Å²) in [6.07, 6.45) is 9.68. The zero-order valence-corrected chi connectivity index (χ0v) is 9.67. The highest BCUT2D eigenvalue weighted by molar-refractivity contribution is 5.22. The van der Waals surface area contributed by atoms with Gasteiger partial charge in [0.2, 0.25) is 0 Å². The molecule has 0 aromatic carbocycles. The first-order valence-electron chi connectivity index (χ1n) is 6.23. The van der Waals surface area contributed by atoms with Gasteiger partial charge in [0, 0.05) is 18.3 Å². The van der Waals surface area contributed by atoms with E-state index in [0.717, 1.165) is 0 Å². The summed E-state index contributed by atoms with van der Waals surface area (Å²) in [5.41, 5.74) is 7.49. The monoisotopic (exact) mass is 220 g/mol. The lowest BCUT2D eigenvalue weighted by molar-refractivity contribution is 0.589. The van der Waals surface area contributed by atoms with Gasteiger partial charge < -0.3 is 10.7 Å². The van der Waals surface area contributed by atoms with Crippen molar-refractivity contribution in [2.24, 2.45) is 5.73 Å². The van der Waals surface area contributed by atoms with Crippen molar-refractivity contribution in [3.63, 3.8) is 0 Å². The van der Waals surface area contributed by atoms with Crippen LogP contribution in [-0.2, 0) is 6.54 Å². The number of hydrogen-bond donors (Lipinski definition) is 2. The highest BCUT2D eigenvalue weighted by atomic mass is 16.1. The Bertz CT molecular complexity index is 389. The molecule has 0 unspecified atom stereocenters. The van der Waals surface area contributed by atoms with Crippen LogP contribution in [0.4, 0.5) is 0 Å². The Morgan fingerprint density at radius 1 is 1.25 bits per heavy atom. The molecule has 1 aliphatic carbocycles. The molecular weight excluding hydrogens is 200 g/mol. The highest BCUT2D eigenvalue weighted by Gasteiger charge is 2.15. The molecule has 3 N–H and O–H groups in total. The lowest BCUT2D eigenvalue weighted by Gasteiger charge is -2.14. The molecule has 1 saturated carbocycles. The molecule has 2 rings (SSSR count). The molecule has 16 heavy (non-hydrogen) atoms. The quantitative estimate of drug-likeness (QED) is 0.751. The van der Waals surface area contributed by atoms with E-state index in [1.807, 2.05) is 12.3 Å². The first-order chi connectivity index (χ1) is 7.81. The van der Waals surface area contributed by atoms with Crippen LogP contribution in [0.1, 0.15) is 55.6 Å². The number of H-pyrrole nitrogens is 1. The van der Waals surface area contributed by atoms with Crippen LogP contribution in [0, 0.1) is 0 Å². The molecule has 88 valence electrons. The standard InChI is InChI=1S/C13H20N2O/c14-8-11-7-12(9-15-13(11)16)10-5-3-1-2-4-6-10/h7,9-10H,1-6,8,14H2,(H,15,16). The molecule has 3 nitrogen and oxygen atoms in total. The molecule has 0 amide bonds. The van der Waals surface area contributed by atoms with E-state index in [1.165, 1.54) is 44.1 Å². The Morgan fingerprint density at radius 3 is 2.56 bits per heavy atom. The van der Waals surface area contributed by atoms with Crippen LogP contribution in [0.15, 0.2) is 17.1 Å². The van der Waals surface area contributed by atoms with Crippen LogP contribution in [0.2, 0.25) is 0 Å². The lowest BCUT2D eigenvalue weighted by atomic mass is 9.92. The van der Waals surface area contributed by atoms with E-state index in [0.29, 0.717) is 18.0 Å². The second-order valence-corrected chi connectivity index (χ2v) is 4.68. The van der Waals surface area contributed by atoms with Gasteiger partial charge in [0.1, 0.15) is 0 Å². The fourth-order valence-corrected chi connectivity index (χ4v) is 2.55. The van der Waals surface area contributed by atoms with Gasteiger partial charge in [0.05, 0.1) is 0 Å². The van der Waals surface area contributed by atoms with Crippen LogP contribution < -0.4 is 11.3 Å². The predicted molar refractivity (Wildman–Crippen MR) is 65.4 cm³/mol. The summed E-state index contributed by atoms with van der Waals surface area (Å²) in [5, 5.41) is 0. The smallest absolute Gasteiger partial charge is 0.252 e. The largest absolute Gasteiger partial charge is 0.329 e. The van der Waals surface area contributed by atoms with Crippen LogP contribution in [-0.4, -0.2) is 4.98 Å². The fraction of sp³-hybridized carbons (Fsp3) is 0.615. The summed E-state index contributed by atoms with van der Waals surface area (Å²) in [7, 11) is 0. The summed E-state index contributed by atoms with van der Waals surface area (Å²) in [4.78, 5) is 14.2. The molecule has 3 heteroatoms. The maximum atomic E-state index is 11.4. The number of aromatic amines is 1. The SMILES string of the molecule is NCc1cc(C2CCCCCC2)c[nH]c1=O. The van der Waals surface area contributed by atoms with E-state index in [2.05, 4.69) is 4.98 Å². The molecule has 0 saturated heterocycles. The number of aromatic nitrogens is 1. The average molecular weight is 220 g/mol. The first kappa shape index (κ1) is 11.4. The molecule has 1 aromatic heterocycles. The Balaban J connectivity index is 2.21. The van der Waals surface area contributed by atoms with Crippen molar-refractivity contribution >= 4 is 0 Å². The van der Waals surface area contributed by atoms with Gasteiger partial charge in [-0.15, -0.1) is 0 Å². The number of nitrogens with one attached hydrogen (secondary N) is 1. The normalized spacial score (nSPS) is 18.3. The van der Waals surface area contributed by atoms with E-state index in [-0.39, 0.29) is 5.56 Å². The van der Waals surface area contributed by atoms with Gasteiger partial charge >= 0.3 is 0 Å². The van der Waals surface area contributed by atoms with E-state index in [4.69, 9.17) is 5.73 Å². The molecule has 1 heterocycles. The van der Waals surface area contributed by atoms with Crippen LogP contribution in [0.3, 0.4) is 0 Å². The van der Waals surface area contributed by atoms with Gasteiger partial charge in [-0.3, -0.25) is 4.79 Å². The summed E-state index contributed by atoms with van der Waals surface area (Å²) >= 11 is 0. The summed E-state index contributed by atoms with van der Waals surface area (Å²) in [6.45, 7) is 0.329. The Hall–Kier alpha value is -1.09. The summed E-state index contributed by atoms with van der Waals surface area (Å²) in [6, 6.07) is 1.99. The molecule has 0 atom stereocenters. The number of nitrogens with two attached hydrogens (primary N) is 1. The molecule has 0 aliphatic heterocycles. The van der Waals surface area contributed by atoms with Crippen molar-refractivity contribution in [3.05, 3.63) is 33.7 Å². The van der Waals surface area contributed by atoms with E-state index < -0.39 is 0 Å². The third-order valence-electron chi connectivity index (χ3n) is 3.55. The van der Waals surface area contributed by atoms with Gasteiger partial charge in [-0.1, -0.05) is 25.7 Å². The maximum Gasteiger partial charge on any atom is 0.252 e. The van der Waals surface area contributed by atoms with Crippen molar-refractivity contribution in [1.82, 2.24) is 4.98 Å². The Morgan fingerprint density at radius 2 is 1.94 bits per heavy atom. The molecule has 0 bridgehead atoms. The Labute approximate surface area is 96.1 Å². The Kier molecular flexibility index (Phi) is 3.78. The molecule has 1 fully saturated rings. The van der Waals surface area contributed by atoms with Gasteiger partial charge in [-0.25, -0.2) is 0 Å². The van der Waals surface area contributed by atoms with Crippen LogP contribution >= 0.6 is 0 Å². The van der Waals surface area contributed by atoms with E-state index in [1.54, 1.807) is 0 Å². The number of rotatable bonds is 2. The topological polar surface area (TPSA) is 58.9 Å². The third-order valence-corrected chi connectivity index (χ3v) is 3.55. The molecule has 1 aliphatic rings. The molecule has 1 aromatic rings. The third kappa shape index (κ3) is 2.53. The van der Waals surface area contributed by atoms with Crippen LogP contribution in [0.25, 0.3) is 0 Å². The van der Waals surface area contributed by atoms with E-state index in [9.17, 15) is 4.79 Å². The zero-order chi connectivity index (χ0) is 11.4. The summed E-state index contributed by atoms with van der Waals surface area (Å²) in [5.74, 6) is 0.615. The van der Waals surface area contributed by atoms with Crippen molar-refractivity contribution in [3.8, 4) is 0 Å². The second kappa shape index (κ2) is 5.30. The molecule has 0 spiro atoms. The van der Waals surface area contributed by atoms with Gasteiger partial charge in [0.25, 0.3) is 5.56 Å². The minimum Gasteiger partial charge on any atom is -0.329 e. The second-order valence-electron chi connectivity index (χ2n) is 4.68.